The van der Waals surface area contributed by atoms with Gasteiger partial charge in [0.15, 0.2) is 0 Å². The molecule has 18 heavy (non-hydrogen) atoms. The van der Waals surface area contributed by atoms with E-state index in [0.717, 1.165) is 35.8 Å². The highest BCUT2D eigenvalue weighted by atomic mass is 79.9. The van der Waals surface area contributed by atoms with Gasteiger partial charge in [-0.25, -0.2) is 0 Å². The first kappa shape index (κ1) is 14.0. The summed E-state index contributed by atoms with van der Waals surface area (Å²) in [7, 11) is 1.76. The number of aromatic nitrogens is 1. The van der Waals surface area contributed by atoms with Crippen LogP contribution in [-0.2, 0) is 11.3 Å². The Hall–Kier alpha value is -0.450. The van der Waals surface area contributed by atoms with Crippen molar-refractivity contribution in [1.82, 2.24) is 9.88 Å². The van der Waals surface area contributed by atoms with Gasteiger partial charge in [-0.05, 0) is 53.7 Å². The van der Waals surface area contributed by atoms with Crippen molar-refractivity contribution in [3.63, 3.8) is 0 Å². The highest BCUT2D eigenvalue weighted by Crippen LogP contribution is 2.35. The van der Waals surface area contributed by atoms with E-state index in [9.17, 15) is 0 Å². The van der Waals surface area contributed by atoms with E-state index in [4.69, 9.17) is 4.74 Å². The molecule has 0 saturated heterocycles. The number of hydrogen-bond acceptors (Lipinski definition) is 3. The van der Waals surface area contributed by atoms with Gasteiger partial charge in [0.25, 0.3) is 0 Å². The standard InChI is InChI=1S/C14H21BrN2O/c1-11(12-3-4-12)17(7-8-18-2)10-14-6-5-13(15)9-16-14/h5-6,9,11-12H,3-4,7-8,10H2,1-2H3. The maximum absolute atomic E-state index is 5.21. The van der Waals surface area contributed by atoms with Crippen molar-refractivity contribution in [3.8, 4) is 0 Å². The van der Waals surface area contributed by atoms with Crippen LogP contribution < -0.4 is 0 Å². The van der Waals surface area contributed by atoms with E-state index in [2.05, 4.69) is 44.9 Å². The third kappa shape index (κ3) is 4.04. The normalized spacial score (nSPS) is 17.1. The predicted molar refractivity (Wildman–Crippen MR) is 76.4 cm³/mol. The zero-order valence-electron chi connectivity index (χ0n) is 11.1. The molecule has 1 aliphatic carbocycles. The number of hydrogen-bond donors (Lipinski definition) is 0. The molecule has 0 spiro atoms. The summed E-state index contributed by atoms with van der Waals surface area (Å²) in [5.74, 6) is 0.873. The molecule has 0 amide bonds. The molecule has 0 bridgehead atoms. The summed E-state index contributed by atoms with van der Waals surface area (Å²) in [5, 5.41) is 0. The number of nitrogens with zero attached hydrogens (tertiary/aromatic N) is 2. The van der Waals surface area contributed by atoms with Crippen LogP contribution in [0, 0.1) is 5.92 Å². The molecule has 4 heteroatoms. The van der Waals surface area contributed by atoms with Gasteiger partial charge in [-0.1, -0.05) is 0 Å². The van der Waals surface area contributed by atoms with Gasteiger partial charge >= 0.3 is 0 Å². The van der Waals surface area contributed by atoms with Crippen LogP contribution in [0.15, 0.2) is 22.8 Å². The van der Waals surface area contributed by atoms with Crippen LogP contribution in [0.1, 0.15) is 25.5 Å². The molecular formula is C14H21BrN2O. The van der Waals surface area contributed by atoms with E-state index in [0.29, 0.717) is 6.04 Å². The summed E-state index contributed by atoms with van der Waals surface area (Å²) in [6.45, 7) is 5.00. The van der Waals surface area contributed by atoms with Crippen molar-refractivity contribution in [3.05, 3.63) is 28.5 Å². The molecule has 1 aliphatic rings. The van der Waals surface area contributed by atoms with Crippen LogP contribution in [0.3, 0.4) is 0 Å². The van der Waals surface area contributed by atoms with Crippen molar-refractivity contribution in [2.24, 2.45) is 5.92 Å². The zero-order chi connectivity index (χ0) is 13.0. The average Bonchev–Trinajstić information content (AvgIpc) is 3.20. The third-order valence-corrected chi connectivity index (χ3v) is 4.09. The lowest BCUT2D eigenvalue weighted by atomic mass is 10.1. The Morgan fingerprint density at radius 3 is 2.83 bits per heavy atom. The van der Waals surface area contributed by atoms with E-state index in [1.165, 1.54) is 12.8 Å². The van der Waals surface area contributed by atoms with E-state index in [-0.39, 0.29) is 0 Å². The molecule has 0 aliphatic heterocycles. The molecule has 1 fully saturated rings. The van der Waals surface area contributed by atoms with Gasteiger partial charge in [-0.2, -0.15) is 0 Å². The largest absolute Gasteiger partial charge is 0.383 e. The molecule has 2 rings (SSSR count). The minimum absolute atomic E-state index is 0.630. The number of pyridine rings is 1. The number of halogens is 1. The Kier molecular flexibility index (Phi) is 5.15. The van der Waals surface area contributed by atoms with Crippen LogP contribution in [0.5, 0.6) is 0 Å². The maximum Gasteiger partial charge on any atom is 0.0589 e. The zero-order valence-corrected chi connectivity index (χ0v) is 12.7. The fourth-order valence-electron chi connectivity index (χ4n) is 2.22. The monoisotopic (exact) mass is 312 g/mol. The summed E-state index contributed by atoms with van der Waals surface area (Å²) in [6, 6.07) is 4.77. The second kappa shape index (κ2) is 6.64. The lowest BCUT2D eigenvalue weighted by Gasteiger charge is -2.28. The SMILES string of the molecule is COCCN(Cc1ccc(Br)cn1)C(C)C1CC1. The first-order chi connectivity index (χ1) is 8.70. The van der Waals surface area contributed by atoms with Crippen molar-refractivity contribution in [2.45, 2.75) is 32.4 Å². The second-order valence-electron chi connectivity index (χ2n) is 5.01. The molecule has 0 radical (unpaired) electrons. The van der Waals surface area contributed by atoms with E-state index < -0.39 is 0 Å². The fourth-order valence-corrected chi connectivity index (χ4v) is 2.45. The Morgan fingerprint density at radius 1 is 1.50 bits per heavy atom. The van der Waals surface area contributed by atoms with Gasteiger partial charge in [0, 0.05) is 36.9 Å². The Balaban J connectivity index is 1.96. The first-order valence-electron chi connectivity index (χ1n) is 6.54. The molecule has 1 saturated carbocycles. The minimum atomic E-state index is 0.630. The summed E-state index contributed by atoms with van der Waals surface area (Å²) >= 11 is 3.42. The van der Waals surface area contributed by atoms with Crippen LogP contribution in [0.25, 0.3) is 0 Å². The van der Waals surface area contributed by atoms with Crippen molar-refractivity contribution < 1.29 is 4.74 Å². The van der Waals surface area contributed by atoms with Crippen LogP contribution in [-0.4, -0.2) is 36.2 Å². The van der Waals surface area contributed by atoms with Gasteiger partial charge < -0.3 is 4.74 Å². The Labute approximate surface area is 118 Å². The molecule has 1 aromatic heterocycles. The lowest BCUT2D eigenvalue weighted by Crippen LogP contribution is -2.36. The minimum Gasteiger partial charge on any atom is -0.383 e. The molecule has 0 N–H and O–H groups in total. The van der Waals surface area contributed by atoms with Crippen molar-refractivity contribution in [1.29, 1.82) is 0 Å². The number of rotatable bonds is 7. The molecule has 1 aromatic rings. The van der Waals surface area contributed by atoms with Crippen LogP contribution in [0.2, 0.25) is 0 Å². The van der Waals surface area contributed by atoms with Gasteiger partial charge in [0.2, 0.25) is 0 Å². The molecule has 0 aromatic carbocycles. The molecule has 1 atom stereocenters. The number of methoxy groups -OCH3 is 1. The van der Waals surface area contributed by atoms with E-state index in [1.807, 2.05) is 6.20 Å². The van der Waals surface area contributed by atoms with Crippen LogP contribution in [0.4, 0.5) is 0 Å². The van der Waals surface area contributed by atoms with Gasteiger partial charge in [0.1, 0.15) is 0 Å². The van der Waals surface area contributed by atoms with E-state index in [1.54, 1.807) is 7.11 Å². The second-order valence-corrected chi connectivity index (χ2v) is 5.92. The van der Waals surface area contributed by atoms with Crippen molar-refractivity contribution in [2.75, 3.05) is 20.3 Å². The van der Waals surface area contributed by atoms with Gasteiger partial charge in [0.05, 0.1) is 12.3 Å². The summed E-state index contributed by atoms with van der Waals surface area (Å²) in [5.41, 5.74) is 1.13. The maximum atomic E-state index is 5.21. The topological polar surface area (TPSA) is 25.4 Å². The summed E-state index contributed by atoms with van der Waals surface area (Å²) < 4.78 is 6.24. The molecule has 1 unspecified atom stereocenters. The van der Waals surface area contributed by atoms with Crippen molar-refractivity contribution >= 4 is 15.9 Å². The Bertz CT molecular complexity index is 365. The summed E-state index contributed by atoms with van der Waals surface area (Å²) in [4.78, 5) is 6.94. The highest BCUT2D eigenvalue weighted by molar-refractivity contribution is 9.10. The molecule has 1 heterocycles. The molecular weight excluding hydrogens is 292 g/mol. The predicted octanol–water partition coefficient (Wildman–Crippen LogP) is 3.09. The molecule has 100 valence electrons. The van der Waals surface area contributed by atoms with Gasteiger partial charge in [-0.15, -0.1) is 0 Å². The average molecular weight is 313 g/mol. The first-order valence-corrected chi connectivity index (χ1v) is 7.33. The van der Waals surface area contributed by atoms with Gasteiger partial charge in [-0.3, -0.25) is 9.88 Å². The smallest absolute Gasteiger partial charge is 0.0589 e. The van der Waals surface area contributed by atoms with E-state index >= 15 is 0 Å². The third-order valence-electron chi connectivity index (χ3n) is 3.62. The quantitative estimate of drug-likeness (QED) is 0.773. The van der Waals surface area contributed by atoms with Crippen LogP contribution >= 0.6 is 15.9 Å². The summed E-state index contributed by atoms with van der Waals surface area (Å²) in [6.07, 6.45) is 4.61. The fraction of sp³-hybridized carbons (Fsp3) is 0.643. The highest BCUT2D eigenvalue weighted by Gasteiger charge is 2.31. The lowest BCUT2D eigenvalue weighted by molar-refractivity contribution is 0.110. The Morgan fingerprint density at radius 2 is 2.28 bits per heavy atom. The molecule has 3 nitrogen and oxygen atoms in total. The number of ether oxygens (including phenoxy) is 1.